The fourth-order valence-corrected chi connectivity index (χ4v) is 3.31. The smallest absolute Gasteiger partial charge is 0.314 e. The molecule has 0 saturated heterocycles. The predicted molar refractivity (Wildman–Crippen MR) is 131 cm³/mol. The number of esters is 1. The molecular weight excluding hydrogens is 414 g/mol. The Morgan fingerprint density at radius 3 is 2.15 bits per heavy atom. The fraction of sp³-hybridized carbons (Fsp3) is 0.519. The lowest BCUT2D eigenvalue weighted by atomic mass is 9.86. The van der Waals surface area contributed by atoms with Crippen LogP contribution in [0.1, 0.15) is 83.0 Å². The average molecular weight is 452 g/mol. The Morgan fingerprint density at radius 2 is 1.67 bits per heavy atom. The molecule has 33 heavy (non-hydrogen) atoms. The molecule has 0 aliphatic heterocycles. The maximum Gasteiger partial charge on any atom is 0.314 e. The Balaban J connectivity index is 2.57. The first-order valence-electron chi connectivity index (χ1n) is 11.5. The van der Waals surface area contributed by atoms with Crippen LogP contribution in [0.3, 0.4) is 0 Å². The summed E-state index contributed by atoms with van der Waals surface area (Å²) >= 11 is 0. The monoisotopic (exact) mass is 451 g/mol. The van der Waals surface area contributed by atoms with Gasteiger partial charge in [0.15, 0.2) is 5.76 Å². The zero-order chi connectivity index (χ0) is 25.0. The van der Waals surface area contributed by atoms with Crippen LogP contribution >= 0.6 is 0 Å². The molecule has 0 N–H and O–H groups in total. The molecule has 0 fully saturated rings. The summed E-state index contributed by atoms with van der Waals surface area (Å²) in [5.74, 6) is 0.0253. The van der Waals surface area contributed by atoms with Gasteiger partial charge in [0.05, 0.1) is 11.1 Å². The predicted octanol–water partition coefficient (Wildman–Crippen LogP) is 6.16. The van der Waals surface area contributed by atoms with Crippen LogP contribution in [-0.2, 0) is 26.2 Å². The summed E-state index contributed by atoms with van der Waals surface area (Å²) in [6.45, 7) is 18.3. The Hall–Kier alpha value is -3.07. The summed E-state index contributed by atoms with van der Waals surface area (Å²) in [4.78, 5) is 12.4. The molecular formula is C27H37N3O3. The molecule has 1 aromatic carbocycles. The van der Waals surface area contributed by atoms with E-state index in [4.69, 9.17) is 9.47 Å². The summed E-state index contributed by atoms with van der Waals surface area (Å²) in [6.07, 6.45) is 0.652. The van der Waals surface area contributed by atoms with Crippen molar-refractivity contribution < 1.29 is 14.3 Å². The number of aromatic nitrogens is 2. The molecule has 2 aromatic rings. The van der Waals surface area contributed by atoms with Crippen molar-refractivity contribution >= 4 is 17.3 Å². The number of hydrogen-bond acceptors (Lipinski definition) is 5. The third-order valence-corrected chi connectivity index (χ3v) is 6.15. The van der Waals surface area contributed by atoms with E-state index in [9.17, 15) is 10.1 Å². The van der Waals surface area contributed by atoms with E-state index in [0.717, 1.165) is 22.5 Å². The Bertz CT molecular complexity index is 1060. The van der Waals surface area contributed by atoms with Crippen molar-refractivity contribution in [3.05, 3.63) is 52.3 Å². The summed E-state index contributed by atoms with van der Waals surface area (Å²) in [7, 11) is 0. The number of hydrogen-bond donors (Lipinski definition) is 0. The number of nitrogens with zero attached hydrogens (tertiary/aromatic N) is 3. The molecule has 0 bridgehead atoms. The van der Waals surface area contributed by atoms with E-state index in [0.29, 0.717) is 24.3 Å². The quantitative estimate of drug-likeness (QED) is 0.208. The largest absolute Gasteiger partial charge is 0.454 e. The molecule has 0 unspecified atom stereocenters. The highest BCUT2D eigenvalue weighted by molar-refractivity contribution is 5.94. The average Bonchev–Trinajstić information content (AvgIpc) is 3.06. The standard InChI is InChI=1S/C27H37N3O3/c1-10-27(8,9)25(31)33-17-32-24(23-18(3)19(4)29-30(23)11-2)22(16-28)20-12-14-21(15-13-20)26(5,6)7/h12-15H,10-11,17H2,1-9H3/b24-22-. The molecule has 1 heterocycles. The first kappa shape index (κ1) is 26.2. The summed E-state index contributed by atoms with van der Waals surface area (Å²) < 4.78 is 13.3. The van der Waals surface area contributed by atoms with Crippen molar-refractivity contribution in [2.45, 2.75) is 80.7 Å². The lowest BCUT2D eigenvalue weighted by Crippen LogP contribution is -2.26. The van der Waals surface area contributed by atoms with E-state index < -0.39 is 5.41 Å². The third-order valence-electron chi connectivity index (χ3n) is 6.15. The molecule has 0 atom stereocenters. The van der Waals surface area contributed by atoms with Gasteiger partial charge in [-0.25, -0.2) is 0 Å². The van der Waals surface area contributed by atoms with E-state index in [1.54, 1.807) is 0 Å². The number of carbonyl (C=O) groups is 1. The molecule has 1 aromatic heterocycles. The summed E-state index contributed by atoms with van der Waals surface area (Å²) in [5, 5.41) is 14.7. The summed E-state index contributed by atoms with van der Waals surface area (Å²) in [6, 6.07) is 10.2. The van der Waals surface area contributed by atoms with E-state index in [1.165, 1.54) is 5.56 Å². The second kappa shape index (κ2) is 10.2. The lowest BCUT2D eigenvalue weighted by Gasteiger charge is -2.22. The van der Waals surface area contributed by atoms with Crippen LogP contribution in [0.4, 0.5) is 0 Å². The molecule has 6 nitrogen and oxygen atoms in total. The van der Waals surface area contributed by atoms with Crippen LogP contribution in [0, 0.1) is 30.6 Å². The van der Waals surface area contributed by atoms with Gasteiger partial charge in [-0.3, -0.25) is 9.48 Å². The first-order valence-corrected chi connectivity index (χ1v) is 11.5. The van der Waals surface area contributed by atoms with E-state index >= 15 is 0 Å². The number of aryl methyl sites for hydroxylation is 2. The van der Waals surface area contributed by atoms with Gasteiger partial charge in [-0.15, -0.1) is 0 Å². The van der Waals surface area contributed by atoms with Crippen molar-refractivity contribution in [1.29, 1.82) is 5.26 Å². The van der Waals surface area contributed by atoms with Gasteiger partial charge in [0, 0.05) is 12.1 Å². The van der Waals surface area contributed by atoms with E-state index in [1.807, 2.05) is 70.5 Å². The number of nitriles is 1. The molecule has 0 radical (unpaired) electrons. The maximum absolute atomic E-state index is 12.4. The van der Waals surface area contributed by atoms with Crippen LogP contribution < -0.4 is 0 Å². The van der Waals surface area contributed by atoms with Crippen molar-refractivity contribution in [3.8, 4) is 6.07 Å². The first-order chi connectivity index (χ1) is 15.4. The van der Waals surface area contributed by atoms with Crippen molar-refractivity contribution in [1.82, 2.24) is 9.78 Å². The second-order valence-electron chi connectivity index (χ2n) is 9.95. The highest BCUT2D eigenvalue weighted by Gasteiger charge is 2.28. The number of carbonyl (C=O) groups excluding carboxylic acids is 1. The van der Waals surface area contributed by atoms with Crippen molar-refractivity contribution in [2.75, 3.05) is 6.79 Å². The fourth-order valence-electron chi connectivity index (χ4n) is 3.31. The SMILES string of the molecule is CCn1nc(C)c(C)c1/C(OCOC(=O)C(C)(C)CC)=C(\C#N)c1ccc(C(C)(C)C)cc1. The highest BCUT2D eigenvalue weighted by atomic mass is 16.7. The number of benzene rings is 1. The minimum atomic E-state index is -0.605. The molecule has 0 spiro atoms. The van der Waals surface area contributed by atoms with Gasteiger partial charge in [-0.05, 0) is 57.6 Å². The molecule has 2 rings (SSSR count). The molecule has 0 aliphatic rings. The van der Waals surface area contributed by atoms with Gasteiger partial charge in [0.2, 0.25) is 6.79 Å². The van der Waals surface area contributed by atoms with Gasteiger partial charge >= 0.3 is 5.97 Å². The van der Waals surface area contributed by atoms with Gasteiger partial charge in [0.25, 0.3) is 0 Å². The minimum absolute atomic E-state index is 0.00317. The van der Waals surface area contributed by atoms with Crippen molar-refractivity contribution in [3.63, 3.8) is 0 Å². The normalized spacial score (nSPS) is 12.7. The van der Waals surface area contributed by atoms with Gasteiger partial charge < -0.3 is 9.47 Å². The van der Waals surface area contributed by atoms with Crippen molar-refractivity contribution in [2.24, 2.45) is 5.41 Å². The zero-order valence-corrected chi connectivity index (χ0v) is 21.5. The molecule has 0 saturated carbocycles. The van der Waals surface area contributed by atoms with E-state index in [-0.39, 0.29) is 18.2 Å². The number of ether oxygens (including phenoxy) is 2. The Kier molecular flexibility index (Phi) is 8.13. The zero-order valence-electron chi connectivity index (χ0n) is 21.5. The Labute approximate surface area is 198 Å². The topological polar surface area (TPSA) is 77.1 Å². The molecule has 6 heteroatoms. The second-order valence-corrected chi connectivity index (χ2v) is 9.95. The Morgan fingerprint density at radius 1 is 1.06 bits per heavy atom. The van der Waals surface area contributed by atoms with Crippen LogP contribution in [0.15, 0.2) is 24.3 Å². The number of allylic oxidation sites excluding steroid dienone is 1. The molecule has 178 valence electrons. The van der Waals surface area contributed by atoms with E-state index in [2.05, 4.69) is 31.9 Å². The van der Waals surface area contributed by atoms with Gasteiger partial charge in [-0.1, -0.05) is 52.0 Å². The number of rotatable bonds is 8. The van der Waals surface area contributed by atoms with Crippen LogP contribution in [0.25, 0.3) is 11.3 Å². The maximum atomic E-state index is 12.4. The van der Waals surface area contributed by atoms with Crippen LogP contribution in [0.2, 0.25) is 0 Å². The lowest BCUT2D eigenvalue weighted by molar-refractivity contribution is -0.162. The third kappa shape index (κ3) is 5.84. The minimum Gasteiger partial charge on any atom is -0.454 e. The highest BCUT2D eigenvalue weighted by Crippen LogP contribution is 2.32. The van der Waals surface area contributed by atoms with Crippen LogP contribution in [-0.4, -0.2) is 22.5 Å². The summed E-state index contributed by atoms with van der Waals surface area (Å²) in [5.41, 5.74) is 4.18. The van der Waals surface area contributed by atoms with Crippen LogP contribution in [0.5, 0.6) is 0 Å². The van der Waals surface area contributed by atoms with Gasteiger partial charge in [0.1, 0.15) is 17.3 Å². The van der Waals surface area contributed by atoms with Gasteiger partial charge in [-0.2, -0.15) is 10.4 Å². The molecule has 0 aliphatic carbocycles. The molecule has 0 amide bonds.